The molecule has 2 rings (SSSR count). The Morgan fingerprint density at radius 2 is 1.88 bits per heavy atom. The lowest BCUT2D eigenvalue weighted by atomic mass is 10.1. The summed E-state index contributed by atoms with van der Waals surface area (Å²) in [4.78, 5) is 0. The molecule has 0 unspecified atom stereocenters. The van der Waals surface area contributed by atoms with Crippen molar-refractivity contribution in [1.29, 1.82) is 0 Å². The third-order valence-corrected chi connectivity index (χ3v) is 3.01. The molecule has 0 saturated carbocycles. The number of anilines is 1. The predicted molar refractivity (Wildman–Crippen MR) is 60.6 cm³/mol. The van der Waals surface area contributed by atoms with E-state index >= 15 is 0 Å². The number of aryl methyl sites for hydroxylation is 1. The minimum atomic E-state index is -1.04. The number of hydrogen-bond acceptors (Lipinski definition) is 2. The topological polar surface area (TPSA) is 43.8 Å². The van der Waals surface area contributed by atoms with E-state index < -0.39 is 27.5 Å². The fourth-order valence-corrected chi connectivity index (χ4v) is 1.72. The summed E-state index contributed by atoms with van der Waals surface area (Å²) in [5.74, 6) is -2.83. The Morgan fingerprint density at radius 1 is 1.24 bits per heavy atom. The number of nitrogens with two attached hydrogens (primary N) is 1. The van der Waals surface area contributed by atoms with Gasteiger partial charge in [0.1, 0.15) is 23.1 Å². The molecule has 0 aliphatic heterocycles. The van der Waals surface area contributed by atoms with Crippen LogP contribution in [0.3, 0.4) is 0 Å². The Hall–Kier alpha value is -1.50. The van der Waals surface area contributed by atoms with Crippen LogP contribution in [0.4, 0.5) is 19.0 Å². The molecule has 1 heterocycles. The average molecular weight is 306 g/mol. The van der Waals surface area contributed by atoms with Crippen LogP contribution in [-0.4, -0.2) is 9.78 Å². The van der Waals surface area contributed by atoms with E-state index in [1.807, 2.05) is 0 Å². The zero-order valence-electron chi connectivity index (χ0n) is 8.64. The second-order valence-electron chi connectivity index (χ2n) is 3.42. The summed E-state index contributed by atoms with van der Waals surface area (Å²) in [5.41, 5.74) is 5.12. The van der Waals surface area contributed by atoms with Gasteiger partial charge in [0, 0.05) is 19.2 Å². The molecule has 1 aromatic heterocycles. The van der Waals surface area contributed by atoms with E-state index in [0.717, 1.165) is 0 Å². The van der Waals surface area contributed by atoms with Crippen molar-refractivity contribution in [2.24, 2.45) is 7.05 Å². The van der Waals surface area contributed by atoms with E-state index in [4.69, 9.17) is 5.73 Å². The predicted octanol–water partition coefficient (Wildman–Crippen LogP) is 2.85. The van der Waals surface area contributed by atoms with Crippen LogP contribution in [0.2, 0.25) is 0 Å². The van der Waals surface area contributed by atoms with Crippen LogP contribution < -0.4 is 5.73 Å². The highest BCUT2D eigenvalue weighted by atomic mass is 79.9. The first-order valence-electron chi connectivity index (χ1n) is 4.54. The van der Waals surface area contributed by atoms with Gasteiger partial charge >= 0.3 is 0 Å². The van der Waals surface area contributed by atoms with Crippen molar-refractivity contribution in [1.82, 2.24) is 9.78 Å². The van der Waals surface area contributed by atoms with Crippen molar-refractivity contribution in [3.05, 3.63) is 34.1 Å². The maximum Gasteiger partial charge on any atom is 0.152 e. The van der Waals surface area contributed by atoms with Gasteiger partial charge in [-0.15, -0.1) is 0 Å². The third kappa shape index (κ3) is 1.90. The van der Waals surface area contributed by atoms with Crippen molar-refractivity contribution in [3.63, 3.8) is 0 Å². The number of aromatic nitrogens is 2. The van der Waals surface area contributed by atoms with Crippen molar-refractivity contribution < 1.29 is 13.2 Å². The molecule has 0 aliphatic carbocycles. The van der Waals surface area contributed by atoms with Crippen LogP contribution >= 0.6 is 15.9 Å². The number of rotatable bonds is 1. The maximum atomic E-state index is 13.7. The summed E-state index contributed by atoms with van der Waals surface area (Å²) in [7, 11) is 1.53. The number of nitrogen functional groups attached to an aromatic ring is 1. The zero-order chi connectivity index (χ0) is 12.7. The van der Waals surface area contributed by atoms with Gasteiger partial charge < -0.3 is 5.73 Å². The van der Waals surface area contributed by atoms with Gasteiger partial charge in [0.05, 0.1) is 10.0 Å². The molecule has 0 fully saturated rings. The standard InChI is InChI=1S/C10H7BrF3N3/c1-17-7(15)3-6(16-17)8-4(12)2-5(13)9(11)10(8)14/h2-3H,15H2,1H3. The molecular formula is C10H7BrF3N3. The molecule has 0 amide bonds. The van der Waals surface area contributed by atoms with Gasteiger partial charge in [0.25, 0.3) is 0 Å². The SMILES string of the molecule is Cn1nc(-c2c(F)cc(F)c(Br)c2F)cc1N. The van der Waals surface area contributed by atoms with Crippen molar-refractivity contribution in [3.8, 4) is 11.3 Å². The summed E-state index contributed by atoms with van der Waals surface area (Å²) in [5, 5.41) is 3.84. The first-order chi connectivity index (χ1) is 7.91. The van der Waals surface area contributed by atoms with Crippen LogP contribution in [0.1, 0.15) is 0 Å². The summed E-state index contributed by atoms with van der Waals surface area (Å²) in [6.45, 7) is 0. The van der Waals surface area contributed by atoms with Crippen LogP contribution in [-0.2, 0) is 7.05 Å². The van der Waals surface area contributed by atoms with E-state index in [0.29, 0.717) is 6.07 Å². The highest BCUT2D eigenvalue weighted by Crippen LogP contribution is 2.32. The molecule has 2 N–H and O–H groups in total. The van der Waals surface area contributed by atoms with E-state index in [9.17, 15) is 13.2 Å². The lowest BCUT2D eigenvalue weighted by Gasteiger charge is -2.04. The van der Waals surface area contributed by atoms with Crippen LogP contribution in [0.5, 0.6) is 0 Å². The summed E-state index contributed by atoms with van der Waals surface area (Å²) < 4.78 is 41.1. The number of benzene rings is 1. The normalized spacial score (nSPS) is 10.9. The van der Waals surface area contributed by atoms with Gasteiger partial charge in [-0.25, -0.2) is 13.2 Å². The molecular weight excluding hydrogens is 299 g/mol. The molecule has 0 aliphatic rings. The molecule has 7 heteroatoms. The lowest BCUT2D eigenvalue weighted by Crippen LogP contribution is -1.98. The van der Waals surface area contributed by atoms with Crippen LogP contribution in [0, 0.1) is 17.5 Å². The third-order valence-electron chi connectivity index (χ3n) is 2.29. The molecule has 2 aromatic rings. The second-order valence-corrected chi connectivity index (χ2v) is 4.21. The maximum absolute atomic E-state index is 13.7. The number of nitrogens with zero attached hydrogens (tertiary/aromatic N) is 2. The van der Waals surface area contributed by atoms with E-state index in [1.165, 1.54) is 17.8 Å². The van der Waals surface area contributed by atoms with Gasteiger partial charge in [0.2, 0.25) is 0 Å². The Kier molecular flexibility index (Phi) is 2.86. The Balaban J connectivity index is 2.71. The number of hydrogen-bond donors (Lipinski definition) is 1. The summed E-state index contributed by atoms with van der Waals surface area (Å²) in [6, 6.07) is 1.90. The van der Waals surface area contributed by atoms with E-state index in [-0.39, 0.29) is 11.5 Å². The molecule has 90 valence electrons. The molecule has 0 spiro atoms. The second kappa shape index (κ2) is 4.06. The Morgan fingerprint density at radius 3 is 2.41 bits per heavy atom. The minimum Gasteiger partial charge on any atom is -0.384 e. The molecule has 0 atom stereocenters. The number of halogens is 4. The van der Waals surface area contributed by atoms with Crippen molar-refractivity contribution in [2.45, 2.75) is 0 Å². The van der Waals surface area contributed by atoms with E-state index in [2.05, 4.69) is 21.0 Å². The summed E-state index contributed by atoms with van der Waals surface area (Å²) in [6.07, 6.45) is 0. The van der Waals surface area contributed by atoms with Gasteiger partial charge in [-0.05, 0) is 15.9 Å². The fourth-order valence-electron chi connectivity index (χ4n) is 1.40. The highest BCUT2D eigenvalue weighted by Gasteiger charge is 2.20. The quantitative estimate of drug-likeness (QED) is 0.650. The van der Waals surface area contributed by atoms with E-state index in [1.54, 1.807) is 0 Å². The largest absolute Gasteiger partial charge is 0.384 e. The first kappa shape index (κ1) is 12.0. The monoisotopic (exact) mass is 305 g/mol. The molecule has 3 nitrogen and oxygen atoms in total. The first-order valence-corrected chi connectivity index (χ1v) is 5.34. The van der Waals surface area contributed by atoms with Crippen molar-refractivity contribution >= 4 is 21.7 Å². The summed E-state index contributed by atoms with van der Waals surface area (Å²) >= 11 is 2.70. The van der Waals surface area contributed by atoms with Gasteiger partial charge in [0.15, 0.2) is 5.82 Å². The lowest BCUT2D eigenvalue weighted by molar-refractivity contribution is 0.538. The molecule has 17 heavy (non-hydrogen) atoms. The smallest absolute Gasteiger partial charge is 0.152 e. The highest BCUT2D eigenvalue weighted by molar-refractivity contribution is 9.10. The van der Waals surface area contributed by atoms with Gasteiger partial charge in [-0.1, -0.05) is 0 Å². The van der Waals surface area contributed by atoms with Crippen LogP contribution in [0.15, 0.2) is 16.6 Å². The molecule has 0 saturated heterocycles. The fraction of sp³-hybridized carbons (Fsp3) is 0.100. The molecule has 1 aromatic carbocycles. The molecule has 0 bridgehead atoms. The zero-order valence-corrected chi connectivity index (χ0v) is 10.2. The average Bonchev–Trinajstić information content (AvgIpc) is 2.56. The Bertz CT molecular complexity index is 575. The Labute approximate surface area is 103 Å². The van der Waals surface area contributed by atoms with Gasteiger partial charge in [-0.2, -0.15) is 5.10 Å². The van der Waals surface area contributed by atoms with Gasteiger partial charge in [-0.3, -0.25) is 4.68 Å². The van der Waals surface area contributed by atoms with Crippen molar-refractivity contribution in [2.75, 3.05) is 5.73 Å². The van der Waals surface area contributed by atoms with Crippen LogP contribution in [0.25, 0.3) is 11.3 Å². The minimum absolute atomic E-state index is 0.0145. The molecule has 0 radical (unpaired) electrons.